The third kappa shape index (κ3) is 2.27. The van der Waals surface area contributed by atoms with Crippen LogP contribution < -0.4 is 5.73 Å². The molecule has 1 saturated carbocycles. The summed E-state index contributed by atoms with van der Waals surface area (Å²) in [7, 11) is -2.76. The molecule has 0 aromatic heterocycles. The largest absolute Gasteiger partial charge is 0.330 e. The van der Waals surface area contributed by atoms with Gasteiger partial charge in [-0.2, -0.15) is 0 Å². The number of hydrogen-bond acceptors (Lipinski definition) is 3. The Balaban J connectivity index is 2.31. The molecule has 10 heavy (non-hydrogen) atoms. The normalized spacial score (nSPS) is 32.2. The quantitative estimate of drug-likeness (QED) is 0.617. The van der Waals surface area contributed by atoms with E-state index in [1.54, 1.807) is 0 Å². The van der Waals surface area contributed by atoms with Crippen LogP contribution in [0.5, 0.6) is 0 Å². The van der Waals surface area contributed by atoms with Gasteiger partial charge in [-0.1, -0.05) is 0 Å². The summed E-state index contributed by atoms with van der Waals surface area (Å²) in [5.41, 5.74) is 5.35. The Hall–Kier alpha value is -0.0900. The molecule has 0 aliphatic heterocycles. The third-order valence-corrected chi connectivity index (χ3v) is 2.92. The third-order valence-electron chi connectivity index (χ3n) is 1.89. The van der Waals surface area contributed by atoms with Crippen LogP contribution in [0, 0.1) is 11.8 Å². The van der Waals surface area contributed by atoms with Gasteiger partial charge in [0, 0.05) is 6.26 Å². The van der Waals surface area contributed by atoms with Gasteiger partial charge in [0.2, 0.25) is 0 Å². The van der Waals surface area contributed by atoms with Crippen LogP contribution in [0.4, 0.5) is 0 Å². The molecule has 3 nitrogen and oxygen atoms in total. The van der Waals surface area contributed by atoms with Gasteiger partial charge >= 0.3 is 0 Å². The van der Waals surface area contributed by atoms with Crippen molar-refractivity contribution in [2.24, 2.45) is 17.6 Å². The van der Waals surface area contributed by atoms with Crippen molar-refractivity contribution in [1.29, 1.82) is 0 Å². The second kappa shape index (κ2) is 2.51. The molecule has 2 atom stereocenters. The number of nitrogens with two attached hydrogens (primary N) is 1. The molecule has 0 aromatic rings. The van der Waals surface area contributed by atoms with Crippen molar-refractivity contribution in [2.75, 3.05) is 18.6 Å². The lowest BCUT2D eigenvalue weighted by atomic mass is 10.3. The molecule has 2 N–H and O–H groups in total. The molecule has 0 saturated heterocycles. The Morgan fingerprint density at radius 3 is 2.40 bits per heavy atom. The molecule has 0 bridgehead atoms. The fourth-order valence-electron chi connectivity index (χ4n) is 1.19. The Morgan fingerprint density at radius 1 is 1.50 bits per heavy atom. The van der Waals surface area contributed by atoms with Gasteiger partial charge in [-0.15, -0.1) is 0 Å². The Morgan fingerprint density at radius 2 is 2.10 bits per heavy atom. The summed E-state index contributed by atoms with van der Waals surface area (Å²) < 4.78 is 21.4. The van der Waals surface area contributed by atoms with Crippen molar-refractivity contribution in [3.05, 3.63) is 0 Å². The highest BCUT2D eigenvalue weighted by Crippen LogP contribution is 2.38. The molecule has 0 aromatic carbocycles. The van der Waals surface area contributed by atoms with Crippen LogP contribution in [-0.4, -0.2) is 27.0 Å². The highest BCUT2D eigenvalue weighted by Gasteiger charge is 2.37. The zero-order valence-corrected chi connectivity index (χ0v) is 6.89. The fourth-order valence-corrected chi connectivity index (χ4v) is 2.38. The molecule has 60 valence electrons. The Bertz CT molecular complexity index is 210. The summed E-state index contributed by atoms with van der Waals surface area (Å²) in [5, 5.41) is 0. The molecule has 1 fully saturated rings. The lowest BCUT2D eigenvalue weighted by Gasteiger charge is -1.93. The average molecular weight is 163 g/mol. The average Bonchev–Trinajstić information content (AvgIpc) is 2.42. The van der Waals surface area contributed by atoms with Crippen molar-refractivity contribution >= 4 is 9.84 Å². The van der Waals surface area contributed by atoms with E-state index < -0.39 is 9.84 Å². The molecule has 1 aliphatic rings. The lowest BCUT2D eigenvalue weighted by Crippen LogP contribution is -2.09. The highest BCUT2D eigenvalue weighted by atomic mass is 32.2. The maximum atomic E-state index is 10.7. The second-order valence-electron chi connectivity index (χ2n) is 3.08. The first-order valence-corrected chi connectivity index (χ1v) is 5.47. The van der Waals surface area contributed by atoms with Gasteiger partial charge in [0.25, 0.3) is 0 Å². The van der Waals surface area contributed by atoms with Gasteiger partial charge in [-0.25, -0.2) is 8.42 Å². The fraction of sp³-hybridized carbons (Fsp3) is 1.00. The zero-order chi connectivity index (χ0) is 7.78. The van der Waals surface area contributed by atoms with Crippen molar-refractivity contribution in [3.63, 3.8) is 0 Å². The van der Waals surface area contributed by atoms with E-state index in [0.717, 1.165) is 6.42 Å². The molecule has 0 spiro atoms. The SMILES string of the molecule is CS(=O)(=O)CC1CC1CN. The van der Waals surface area contributed by atoms with Crippen molar-refractivity contribution < 1.29 is 8.42 Å². The van der Waals surface area contributed by atoms with Gasteiger partial charge in [0.15, 0.2) is 0 Å². The molecule has 2 unspecified atom stereocenters. The van der Waals surface area contributed by atoms with Crippen LogP contribution in [0.25, 0.3) is 0 Å². The summed E-state index contributed by atoms with van der Waals surface area (Å²) in [6, 6.07) is 0. The molecule has 4 heteroatoms. The lowest BCUT2D eigenvalue weighted by molar-refractivity contribution is 0.595. The van der Waals surface area contributed by atoms with Gasteiger partial charge < -0.3 is 5.73 Å². The summed E-state index contributed by atoms with van der Waals surface area (Å²) in [6.07, 6.45) is 2.28. The van der Waals surface area contributed by atoms with E-state index in [0.29, 0.717) is 24.1 Å². The summed E-state index contributed by atoms with van der Waals surface area (Å²) >= 11 is 0. The van der Waals surface area contributed by atoms with E-state index in [2.05, 4.69) is 0 Å². The van der Waals surface area contributed by atoms with E-state index in [1.165, 1.54) is 6.26 Å². The first-order chi connectivity index (χ1) is 4.53. The monoisotopic (exact) mass is 163 g/mol. The van der Waals surface area contributed by atoms with E-state index in [1.807, 2.05) is 0 Å². The molecule has 1 rings (SSSR count). The van der Waals surface area contributed by atoms with Gasteiger partial charge in [-0.3, -0.25) is 0 Å². The standard InChI is InChI=1S/C6H13NO2S/c1-10(8,9)4-6-2-5(6)3-7/h5-6H,2-4,7H2,1H3. The number of sulfone groups is 1. The minimum atomic E-state index is -2.76. The van der Waals surface area contributed by atoms with Crippen LogP contribution >= 0.6 is 0 Å². The zero-order valence-electron chi connectivity index (χ0n) is 6.08. The van der Waals surface area contributed by atoms with Crippen LogP contribution in [0.2, 0.25) is 0 Å². The minimum absolute atomic E-state index is 0.328. The minimum Gasteiger partial charge on any atom is -0.330 e. The Kier molecular flexibility index (Phi) is 2.01. The van der Waals surface area contributed by atoms with E-state index in [-0.39, 0.29) is 0 Å². The van der Waals surface area contributed by atoms with Crippen molar-refractivity contribution in [2.45, 2.75) is 6.42 Å². The molecule has 0 amide bonds. The van der Waals surface area contributed by atoms with Crippen LogP contribution in [0.15, 0.2) is 0 Å². The maximum Gasteiger partial charge on any atom is 0.147 e. The summed E-state index contributed by atoms with van der Waals surface area (Å²) in [4.78, 5) is 0. The van der Waals surface area contributed by atoms with Crippen LogP contribution in [0.3, 0.4) is 0 Å². The van der Waals surface area contributed by atoms with Gasteiger partial charge in [0.05, 0.1) is 5.75 Å². The van der Waals surface area contributed by atoms with Crippen molar-refractivity contribution in [1.82, 2.24) is 0 Å². The van der Waals surface area contributed by atoms with E-state index >= 15 is 0 Å². The molecular formula is C6H13NO2S. The maximum absolute atomic E-state index is 10.7. The van der Waals surface area contributed by atoms with Crippen LogP contribution in [0.1, 0.15) is 6.42 Å². The van der Waals surface area contributed by atoms with Crippen LogP contribution in [-0.2, 0) is 9.84 Å². The molecule has 1 aliphatic carbocycles. The first kappa shape index (κ1) is 8.01. The molecular weight excluding hydrogens is 150 g/mol. The van der Waals surface area contributed by atoms with Gasteiger partial charge in [0.1, 0.15) is 9.84 Å². The van der Waals surface area contributed by atoms with E-state index in [4.69, 9.17) is 5.73 Å². The predicted molar refractivity (Wildman–Crippen MR) is 40.4 cm³/mol. The highest BCUT2D eigenvalue weighted by molar-refractivity contribution is 7.90. The van der Waals surface area contributed by atoms with E-state index in [9.17, 15) is 8.42 Å². The summed E-state index contributed by atoms with van der Waals surface area (Å²) in [5.74, 6) is 1.17. The molecule has 0 radical (unpaired) electrons. The second-order valence-corrected chi connectivity index (χ2v) is 5.27. The van der Waals surface area contributed by atoms with Crippen molar-refractivity contribution in [3.8, 4) is 0 Å². The molecule has 0 heterocycles. The predicted octanol–water partition coefficient (Wildman–Crippen LogP) is -0.374. The number of hydrogen-bond donors (Lipinski definition) is 1. The smallest absolute Gasteiger partial charge is 0.147 e. The van der Waals surface area contributed by atoms with Gasteiger partial charge in [-0.05, 0) is 24.8 Å². The Labute approximate surface area is 61.5 Å². The summed E-state index contributed by atoms with van der Waals surface area (Å²) in [6.45, 7) is 0.639. The first-order valence-electron chi connectivity index (χ1n) is 3.40. The topological polar surface area (TPSA) is 60.2 Å². The number of rotatable bonds is 3.